The molecule has 0 aromatic carbocycles. The second-order valence-electron chi connectivity index (χ2n) is 7.13. The van der Waals surface area contributed by atoms with Crippen molar-refractivity contribution in [1.29, 1.82) is 0 Å². The Balaban J connectivity index is 1.56. The fraction of sp³-hybridized carbons (Fsp3) is 0.944. The molecule has 0 saturated carbocycles. The van der Waals surface area contributed by atoms with E-state index in [1.54, 1.807) is 0 Å². The van der Waals surface area contributed by atoms with Crippen LogP contribution in [0.25, 0.3) is 0 Å². The standard InChI is InChI=1S/C18H35N3O2/c1-3-4-5-6-15-23-18(22)16-20-9-7-17(8-10-20)21-13-11-19(2)12-14-21/h17H,3-16H2,1-2H3. The summed E-state index contributed by atoms with van der Waals surface area (Å²) in [5.41, 5.74) is 0. The molecule has 0 N–H and O–H groups in total. The molecular formula is C18H35N3O2. The van der Waals surface area contributed by atoms with Crippen LogP contribution in [-0.4, -0.2) is 86.2 Å². The number of carbonyl (C=O) groups excluding carboxylic acids is 1. The summed E-state index contributed by atoms with van der Waals surface area (Å²) in [6, 6.07) is 0.713. The van der Waals surface area contributed by atoms with E-state index < -0.39 is 0 Å². The lowest BCUT2D eigenvalue weighted by atomic mass is 10.0. The monoisotopic (exact) mass is 325 g/mol. The van der Waals surface area contributed by atoms with Crippen LogP contribution in [0.2, 0.25) is 0 Å². The summed E-state index contributed by atoms with van der Waals surface area (Å²) in [5.74, 6) is -0.0421. The predicted octanol–water partition coefficient (Wildman–Crippen LogP) is 1.82. The van der Waals surface area contributed by atoms with Crippen LogP contribution in [0.5, 0.6) is 0 Å². The molecule has 5 heteroatoms. The number of hydrogen-bond acceptors (Lipinski definition) is 5. The molecule has 0 spiro atoms. The van der Waals surface area contributed by atoms with Crippen LogP contribution < -0.4 is 0 Å². The number of nitrogens with zero attached hydrogens (tertiary/aromatic N) is 3. The van der Waals surface area contributed by atoms with Crippen molar-refractivity contribution in [1.82, 2.24) is 14.7 Å². The number of carbonyl (C=O) groups is 1. The highest BCUT2D eigenvalue weighted by atomic mass is 16.5. The second-order valence-corrected chi connectivity index (χ2v) is 7.13. The molecule has 2 aliphatic rings. The first kappa shape index (κ1) is 18.7. The van der Waals surface area contributed by atoms with Gasteiger partial charge in [-0.15, -0.1) is 0 Å². The fourth-order valence-corrected chi connectivity index (χ4v) is 3.57. The zero-order valence-electron chi connectivity index (χ0n) is 15.1. The van der Waals surface area contributed by atoms with Crippen LogP contribution in [-0.2, 0) is 9.53 Å². The Labute approximate surface area is 141 Å². The summed E-state index contributed by atoms with van der Waals surface area (Å²) in [6.45, 7) is 10.1. The van der Waals surface area contributed by atoms with Crippen molar-refractivity contribution < 1.29 is 9.53 Å². The van der Waals surface area contributed by atoms with Crippen molar-refractivity contribution in [3.63, 3.8) is 0 Å². The van der Waals surface area contributed by atoms with Gasteiger partial charge < -0.3 is 9.64 Å². The molecular weight excluding hydrogens is 290 g/mol. The highest BCUT2D eigenvalue weighted by Gasteiger charge is 2.27. The number of likely N-dealkylation sites (tertiary alicyclic amines) is 1. The van der Waals surface area contributed by atoms with E-state index in [1.807, 2.05) is 0 Å². The maximum atomic E-state index is 11.9. The molecule has 2 saturated heterocycles. The van der Waals surface area contributed by atoms with Crippen molar-refractivity contribution in [3.8, 4) is 0 Å². The maximum Gasteiger partial charge on any atom is 0.320 e. The van der Waals surface area contributed by atoms with Crippen LogP contribution in [0.15, 0.2) is 0 Å². The average Bonchev–Trinajstić information content (AvgIpc) is 2.56. The first-order chi connectivity index (χ1) is 11.2. The lowest BCUT2D eigenvalue weighted by molar-refractivity contribution is -0.145. The summed E-state index contributed by atoms with van der Waals surface area (Å²) < 4.78 is 5.35. The molecule has 0 unspecified atom stereocenters. The third kappa shape index (κ3) is 6.77. The largest absolute Gasteiger partial charge is 0.465 e. The number of piperidine rings is 1. The number of likely N-dealkylation sites (N-methyl/N-ethyl adjacent to an activating group) is 1. The normalized spacial score (nSPS) is 22.3. The molecule has 0 aromatic rings. The average molecular weight is 325 g/mol. The molecule has 2 heterocycles. The first-order valence-electron chi connectivity index (χ1n) is 9.49. The number of hydrogen-bond donors (Lipinski definition) is 0. The minimum atomic E-state index is -0.0421. The van der Waals surface area contributed by atoms with Crippen molar-refractivity contribution >= 4 is 5.97 Å². The summed E-state index contributed by atoms with van der Waals surface area (Å²) in [4.78, 5) is 19.2. The van der Waals surface area contributed by atoms with E-state index in [0.717, 1.165) is 19.5 Å². The Kier molecular flexibility index (Phi) is 8.34. The number of unbranched alkanes of at least 4 members (excludes halogenated alkanes) is 3. The molecule has 0 bridgehead atoms. The first-order valence-corrected chi connectivity index (χ1v) is 9.49. The zero-order chi connectivity index (χ0) is 16.5. The van der Waals surface area contributed by atoms with Gasteiger partial charge in [-0.3, -0.25) is 14.6 Å². The van der Waals surface area contributed by atoms with Crippen molar-refractivity contribution in [2.45, 2.75) is 51.5 Å². The minimum Gasteiger partial charge on any atom is -0.465 e. The van der Waals surface area contributed by atoms with Gasteiger partial charge in [0.15, 0.2) is 0 Å². The van der Waals surface area contributed by atoms with Gasteiger partial charge >= 0.3 is 5.97 Å². The lowest BCUT2D eigenvalue weighted by Gasteiger charge is -2.41. The van der Waals surface area contributed by atoms with Gasteiger partial charge in [-0.25, -0.2) is 0 Å². The lowest BCUT2D eigenvalue weighted by Crippen LogP contribution is -2.52. The Morgan fingerprint density at radius 2 is 1.70 bits per heavy atom. The van der Waals surface area contributed by atoms with Gasteiger partial charge in [0, 0.05) is 45.3 Å². The van der Waals surface area contributed by atoms with Crippen LogP contribution in [0.3, 0.4) is 0 Å². The summed E-state index contributed by atoms with van der Waals surface area (Å²) in [6.07, 6.45) is 7.00. The Morgan fingerprint density at radius 1 is 1.00 bits per heavy atom. The third-order valence-electron chi connectivity index (χ3n) is 5.23. The summed E-state index contributed by atoms with van der Waals surface area (Å²) in [7, 11) is 2.20. The van der Waals surface area contributed by atoms with Gasteiger partial charge in [-0.2, -0.15) is 0 Å². The number of piperazine rings is 1. The van der Waals surface area contributed by atoms with Crippen molar-refractivity contribution in [3.05, 3.63) is 0 Å². The topological polar surface area (TPSA) is 36.0 Å². The smallest absolute Gasteiger partial charge is 0.320 e. The highest BCUT2D eigenvalue weighted by Crippen LogP contribution is 2.18. The van der Waals surface area contributed by atoms with Gasteiger partial charge in [0.1, 0.15) is 0 Å². The fourth-order valence-electron chi connectivity index (χ4n) is 3.57. The Bertz CT molecular complexity index is 335. The van der Waals surface area contributed by atoms with E-state index in [-0.39, 0.29) is 5.97 Å². The zero-order valence-corrected chi connectivity index (χ0v) is 15.1. The van der Waals surface area contributed by atoms with Gasteiger partial charge in [0.2, 0.25) is 0 Å². The van der Waals surface area contributed by atoms with Crippen LogP contribution in [0.4, 0.5) is 0 Å². The van der Waals surface area contributed by atoms with Crippen LogP contribution in [0, 0.1) is 0 Å². The molecule has 0 atom stereocenters. The molecule has 0 radical (unpaired) electrons. The van der Waals surface area contributed by atoms with Crippen LogP contribution in [0.1, 0.15) is 45.4 Å². The quantitative estimate of drug-likeness (QED) is 0.502. The molecule has 0 aromatic heterocycles. The number of esters is 1. The molecule has 23 heavy (non-hydrogen) atoms. The predicted molar refractivity (Wildman–Crippen MR) is 93.6 cm³/mol. The van der Waals surface area contributed by atoms with Gasteiger partial charge in [-0.05, 0) is 26.3 Å². The third-order valence-corrected chi connectivity index (χ3v) is 5.23. The van der Waals surface area contributed by atoms with E-state index in [2.05, 4.69) is 28.7 Å². The second kappa shape index (κ2) is 10.3. The number of rotatable bonds is 8. The molecule has 5 nitrogen and oxygen atoms in total. The summed E-state index contributed by atoms with van der Waals surface area (Å²) >= 11 is 0. The molecule has 2 rings (SSSR count). The highest BCUT2D eigenvalue weighted by molar-refractivity contribution is 5.71. The van der Waals surface area contributed by atoms with E-state index in [0.29, 0.717) is 19.2 Å². The van der Waals surface area contributed by atoms with Gasteiger partial charge in [-0.1, -0.05) is 26.2 Å². The van der Waals surface area contributed by atoms with Crippen molar-refractivity contribution in [2.75, 3.05) is 59.5 Å². The van der Waals surface area contributed by atoms with E-state index in [4.69, 9.17) is 4.74 Å². The van der Waals surface area contributed by atoms with E-state index in [1.165, 1.54) is 58.3 Å². The molecule has 0 amide bonds. The molecule has 0 aliphatic carbocycles. The summed E-state index contributed by atoms with van der Waals surface area (Å²) in [5, 5.41) is 0. The molecule has 2 aliphatic heterocycles. The van der Waals surface area contributed by atoms with E-state index in [9.17, 15) is 4.79 Å². The van der Waals surface area contributed by atoms with Crippen molar-refractivity contribution in [2.24, 2.45) is 0 Å². The Morgan fingerprint density at radius 3 is 2.35 bits per heavy atom. The van der Waals surface area contributed by atoms with Gasteiger partial charge in [0.05, 0.1) is 13.2 Å². The van der Waals surface area contributed by atoms with E-state index >= 15 is 0 Å². The molecule has 2 fully saturated rings. The minimum absolute atomic E-state index is 0.0421. The Hall–Kier alpha value is -0.650. The SMILES string of the molecule is CCCCCCOC(=O)CN1CCC(N2CCN(C)CC2)CC1. The molecule has 134 valence electrons. The van der Waals surface area contributed by atoms with Gasteiger partial charge in [0.25, 0.3) is 0 Å². The number of ether oxygens (including phenoxy) is 1. The maximum absolute atomic E-state index is 11.9. The van der Waals surface area contributed by atoms with Crippen LogP contribution >= 0.6 is 0 Å².